The molecule has 0 spiro atoms. The van der Waals surface area contributed by atoms with Gasteiger partial charge in [-0.3, -0.25) is 0 Å². The van der Waals surface area contributed by atoms with Crippen molar-refractivity contribution in [2.24, 2.45) is 0 Å². The van der Waals surface area contributed by atoms with Crippen LogP contribution in [-0.2, 0) is 4.74 Å². The molecule has 3 rings (SSSR count). The Morgan fingerprint density at radius 1 is 1.16 bits per heavy atom. The van der Waals surface area contributed by atoms with Crippen molar-refractivity contribution in [3.05, 3.63) is 42.6 Å². The fourth-order valence-electron chi connectivity index (χ4n) is 1.91. The molecular formula is C14H13N3O2. The number of hydrogen-bond acceptors (Lipinski definition) is 4. The van der Waals surface area contributed by atoms with Crippen molar-refractivity contribution in [3.8, 4) is 17.0 Å². The standard InChI is InChI=1S/C14H13N3O2/c1-18-9-19-13-5-3-2-4-11(13)12-8-10-6-7-15-14(10)17-16-12/h2-8H,9H2,1H3,(H,15,17). The summed E-state index contributed by atoms with van der Waals surface area (Å²) < 4.78 is 10.5. The van der Waals surface area contributed by atoms with E-state index in [2.05, 4.69) is 15.2 Å². The molecule has 2 aromatic heterocycles. The molecule has 19 heavy (non-hydrogen) atoms. The summed E-state index contributed by atoms with van der Waals surface area (Å²) in [5.41, 5.74) is 2.45. The quantitative estimate of drug-likeness (QED) is 0.728. The highest BCUT2D eigenvalue weighted by Crippen LogP contribution is 2.29. The Morgan fingerprint density at radius 3 is 2.95 bits per heavy atom. The van der Waals surface area contributed by atoms with Gasteiger partial charge in [-0.05, 0) is 24.3 Å². The van der Waals surface area contributed by atoms with Crippen molar-refractivity contribution in [1.82, 2.24) is 15.2 Å². The third-order valence-corrected chi connectivity index (χ3v) is 2.80. The third-order valence-electron chi connectivity index (χ3n) is 2.80. The molecule has 3 aromatic rings. The highest BCUT2D eigenvalue weighted by atomic mass is 16.7. The summed E-state index contributed by atoms with van der Waals surface area (Å²) in [6, 6.07) is 11.6. The monoisotopic (exact) mass is 255 g/mol. The predicted molar refractivity (Wildman–Crippen MR) is 71.8 cm³/mol. The molecular weight excluding hydrogens is 242 g/mol. The van der Waals surface area contributed by atoms with Crippen LogP contribution >= 0.6 is 0 Å². The number of hydrogen-bond donors (Lipinski definition) is 1. The number of nitrogens with one attached hydrogen (secondary N) is 1. The van der Waals surface area contributed by atoms with Crippen LogP contribution in [0.1, 0.15) is 0 Å². The molecule has 0 fully saturated rings. The number of methoxy groups -OCH3 is 1. The van der Waals surface area contributed by atoms with Gasteiger partial charge in [0.2, 0.25) is 0 Å². The van der Waals surface area contributed by atoms with E-state index in [0.29, 0.717) is 0 Å². The second kappa shape index (κ2) is 5.07. The highest BCUT2D eigenvalue weighted by Gasteiger charge is 2.09. The molecule has 96 valence electrons. The minimum absolute atomic E-state index is 0.205. The van der Waals surface area contributed by atoms with Crippen LogP contribution in [0.4, 0.5) is 0 Å². The van der Waals surface area contributed by atoms with Gasteiger partial charge in [0, 0.05) is 24.3 Å². The Kier molecular flexibility index (Phi) is 3.12. The molecule has 2 heterocycles. The summed E-state index contributed by atoms with van der Waals surface area (Å²) in [5.74, 6) is 0.730. The topological polar surface area (TPSA) is 60.0 Å². The molecule has 5 heteroatoms. The van der Waals surface area contributed by atoms with E-state index in [1.807, 2.05) is 42.6 Å². The molecule has 1 aromatic carbocycles. The number of benzene rings is 1. The van der Waals surface area contributed by atoms with E-state index in [1.165, 1.54) is 0 Å². The van der Waals surface area contributed by atoms with Gasteiger partial charge in [-0.25, -0.2) is 0 Å². The van der Waals surface area contributed by atoms with Crippen LogP contribution in [0.25, 0.3) is 22.3 Å². The highest BCUT2D eigenvalue weighted by molar-refractivity contribution is 5.80. The zero-order chi connectivity index (χ0) is 13.1. The van der Waals surface area contributed by atoms with Gasteiger partial charge in [0.1, 0.15) is 5.75 Å². The predicted octanol–water partition coefficient (Wildman–Crippen LogP) is 2.61. The lowest BCUT2D eigenvalue weighted by molar-refractivity contribution is 0.0515. The molecule has 0 bridgehead atoms. The number of fused-ring (bicyclic) bond motifs is 1. The number of rotatable bonds is 4. The van der Waals surface area contributed by atoms with Crippen LogP contribution in [0, 0.1) is 0 Å². The number of H-pyrrole nitrogens is 1. The largest absolute Gasteiger partial charge is 0.467 e. The zero-order valence-corrected chi connectivity index (χ0v) is 10.5. The van der Waals surface area contributed by atoms with E-state index in [-0.39, 0.29) is 6.79 Å². The number of ether oxygens (including phenoxy) is 2. The van der Waals surface area contributed by atoms with Crippen LogP contribution in [0.5, 0.6) is 5.75 Å². The summed E-state index contributed by atoms with van der Waals surface area (Å²) in [6.45, 7) is 0.205. The van der Waals surface area contributed by atoms with Gasteiger partial charge >= 0.3 is 0 Å². The molecule has 0 saturated carbocycles. The first-order valence-electron chi connectivity index (χ1n) is 5.90. The first-order chi connectivity index (χ1) is 9.38. The SMILES string of the molecule is COCOc1ccccc1-c1cc2cc[nH]c2nn1. The normalized spacial score (nSPS) is 10.8. The van der Waals surface area contributed by atoms with E-state index in [4.69, 9.17) is 9.47 Å². The van der Waals surface area contributed by atoms with Crippen LogP contribution in [0.15, 0.2) is 42.6 Å². The molecule has 0 aliphatic rings. The number of nitrogens with zero attached hydrogens (tertiary/aromatic N) is 2. The molecule has 0 unspecified atom stereocenters. The number of para-hydroxylation sites is 1. The van der Waals surface area contributed by atoms with Crippen LogP contribution < -0.4 is 4.74 Å². The van der Waals surface area contributed by atoms with Crippen LogP contribution in [0.2, 0.25) is 0 Å². The smallest absolute Gasteiger partial charge is 0.188 e. The van der Waals surface area contributed by atoms with Gasteiger partial charge < -0.3 is 14.5 Å². The van der Waals surface area contributed by atoms with Crippen LogP contribution in [-0.4, -0.2) is 29.1 Å². The average molecular weight is 255 g/mol. The first-order valence-corrected chi connectivity index (χ1v) is 5.90. The van der Waals surface area contributed by atoms with E-state index in [1.54, 1.807) is 7.11 Å². The molecule has 0 aliphatic heterocycles. The van der Waals surface area contributed by atoms with E-state index >= 15 is 0 Å². The lowest BCUT2D eigenvalue weighted by Crippen LogP contribution is -2.00. The van der Waals surface area contributed by atoms with Gasteiger partial charge in [-0.15, -0.1) is 10.2 Å². The Balaban J connectivity index is 2.04. The van der Waals surface area contributed by atoms with E-state index in [0.717, 1.165) is 28.0 Å². The van der Waals surface area contributed by atoms with E-state index in [9.17, 15) is 0 Å². The maximum absolute atomic E-state index is 5.54. The van der Waals surface area contributed by atoms with Gasteiger partial charge in [0.05, 0.1) is 5.69 Å². The lowest BCUT2D eigenvalue weighted by atomic mass is 10.1. The number of aromatic nitrogens is 3. The molecule has 0 amide bonds. The Morgan fingerprint density at radius 2 is 2.05 bits per heavy atom. The van der Waals surface area contributed by atoms with Crippen molar-refractivity contribution >= 4 is 11.0 Å². The summed E-state index contributed by atoms with van der Waals surface area (Å²) in [7, 11) is 1.59. The zero-order valence-electron chi connectivity index (χ0n) is 10.5. The van der Waals surface area contributed by atoms with Crippen molar-refractivity contribution in [3.63, 3.8) is 0 Å². The maximum atomic E-state index is 5.54. The summed E-state index contributed by atoms with van der Waals surface area (Å²) in [6.07, 6.45) is 1.84. The van der Waals surface area contributed by atoms with Crippen molar-refractivity contribution in [2.75, 3.05) is 13.9 Å². The summed E-state index contributed by atoms with van der Waals surface area (Å²) in [5, 5.41) is 9.38. The lowest BCUT2D eigenvalue weighted by Gasteiger charge is -2.09. The van der Waals surface area contributed by atoms with Crippen molar-refractivity contribution < 1.29 is 9.47 Å². The molecule has 0 saturated heterocycles. The molecule has 0 aliphatic carbocycles. The minimum atomic E-state index is 0.205. The fraction of sp³-hybridized carbons (Fsp3) is 0.143. The second-order valence-corrected chi connectivity index (χ2v) is 4.06. The van der Waals surface area contributed by atoms with Gasteiger partial charge in [0.15, 0.2) is 12.4 Å². The summed E-state index contributed by atoms with van der Waals surface area (Å²) >= 11 is 0. The van der Waals surface area contributed by atoms with Gasteiger partial charge in [-0.2, -0.15) is 0 Å². The Bertz CT molecular complexity index is 694. The van der Waals surface area contributed by atoms with Crippen molar-refractivity contribution in [2.45, 2.75) is 0 Å². The fourth-order valence-corrected chi connectivity index (χ4v) is 1.91. The average Bonchev–Trinajstić information content (AvgIpc) is 2.92. The number of aromatic amines is 1. The first kappa shape index (κ1) is 11.7. The Hall–Kier alpha value is -2.40. The minimum Gasteiger partial charge on any atom is -0.467 e. The molecule has 5 nitrogen and oxygen atoms in total. The second-order valence-electron chi connectivity index (χ2n) is 4.06. The van der Waals surface area contributed by atoms with Gasteiger partial charge in [-0.1, -0.05) is 12.1 Å². The summed E-state index contributed by atoms with van der Waals surface area (Å²) in [4.78, 5) is 3.02. The van der Waals surface area contributed by atoms with Crippen molar-refractivity contribution in [1.29, 1.82) is 0 Å². The molecule has 0 radical (unpaired) electrons. The van der Waals surface area contributed by atoms with Gasteiger partial charge in [0.25, 0.3) is 0 Å². The molecule has 0 atom stereocenters. The maximum Gasteiger partial charge on any atom is 0.188 e. The molecule has 1 N–H and O–H groups in total. The van der Waals surface area contributed by atoms with E-state index < -0.39 is 0 Å². The third kappa shape index (κ3) is 2.28. The Labute approximate surface area is 110 Å². The van der Waals surface area contributed by atoms with Crippen LogP contribution in [0.3, 0.4) is 0 Å².